The monoisotopic (exact) mass is 235 g/mol. The van der Waals surface area contributed by atoms with Crippen LogP contribution in [0.1, 0.15) is 5.69 Å². The summed E-state index contributed by atoms with van der Waals surface area (Å²) in [4.78, 5) is 28.8. The van der Waals surface area contributed by atoms with E-state index >= 15 is 0 Å². The summed E-state index contributed by atoms with van der Waals surface area (Å²) < 4.78 is 0. The number of anilines is 1. The zero-order chi connectivity index (χ0) is 12.7. The SMILES string of the molecule is N#Cc1cnc(NCC(=O)NCC(=O)O)cn1. The van der Waals surface area contributed by atoms with E-state index in [0.29, 0.717) is 5.82 Å². The Morgan fingerprint density at radius 2 is 2.12 bits per heavy atom. The van der Waals surface area contributed by atoms with Crippen LogP contribution in [0.5, 0.6) is 0 Å². The molecule has 0 aromatic carbocycles. The Labute approximate surface area is 96.3 Å². The number of carbonyl (C=O) groups excluding carboxylic acids is 1. The van der Waals surface area contributed by atoms with Crippen molar-refractivity contribution in [2.24, 2.45) is 0 Å². The first-order valence-corrected chi connectivity index (χ1v) is 4.56. The van der Waals surface area contributed by atoms with Crippen molar-refractivity contribution in [3.05, 3.63) is 18.1 Å². The maximum atomic E-state index is 11.1. The number of nitriles is 1. The summed E-state index contributed by atoms with van der Waals surface area (Å²) >= 11 is 0. The fourth-order valence-electron chi connectivity index (χ4n) is 0.885. The molecule has 0 aliphatic heterocycles. The van der Waals surface area contributed by atoms with Gasteiger partial charge in [-0.3, -0.25) is 9.59 Å². The number of aliphatic carboxylic acids is 1. The van der Waals surface area contributed by atoms with Gasteiger partial charge in [-0.2, -0.15) is 5.26 Å². The van der Waals surface area contributed by atoms with Gasteiger partial charge in [0.2, 0.25) is 5.91 Å². The molecule has 1 rings (SSSR count). The Balaban J connectivity index is 2.37. The molecular formula is C9H9N5O3. The van der Waals surface area contributed by atoms with Crippen LogP contribution in [-0.4, -0.2) is 40.0 Å². The molecule has 17 heavy (non-hydrogen) atoms. The summed E-state index contributed by atoms with van der Waals surface area (Å²) in [7, 11) is 0. The number of nitrogens with zero attached hydrogens (tertiary/aromatic N) is 3. The number of amides is 1. The highest BCUT2D eigenvalue weighted by Crippen LogP contribution is 1.98. The summed E-state index contributed by atoms with van der Waals surface area (Å²) in [6.07, 6.45) is 2.57. The van der Waals surface area contributed by atoms with Crippen molar-refractivity contribution in [3.8, 4) is 6.07 Å². The topological polar surface area (TPSA) is 128 Å². The average Bonchev–Trinajstić information content (AvgIpc) is 2.34. The third-order valence-corrected chi connectivity index (χ3v) is 1.63. The molecule has 88 valence electrons. The van der Waals surface area contributed by atoms with Crippen LogP contribution >= 0.6 is 0 Å². The van der Waals surface area contributed by atoms with Gasteiger partial charge in [0.25, 0.3) is 0 Å². The lowest BCUT2D eigenvalue weighted by atomic mass is 10.5. The van der Waals surface area contributed by atoms with Crippen LogP contribution in [0.3, 0.4) is 0 Å². The van der Waals surface area contributed by atoms with E-state index in [1.165, 1.54) is 12.4 Å². The second-order valence-electron chi connectivity index (χ2n) is 2.92. The molecule has 0 aliphatic carbocycles. The third kappa shape index (κ3) is 4.57. The molecule has 0 radical (unpaired) electrons. The lowest BCUT2D eigenvalue weighted by molar-refractivity contribution is -0.137. The molecule has 0 atom stereocenters. The second kappa shape index (κ2) is 6.02. The van der Waals surface area contributed by atoms with E-state index in [1.807, 2.05) is 0 Å². The van der Waals surface area contributed by atoms with Crippen molar-refractivity contribution in [2.75, 3.05) is 18.4 Å². The predicted octanol–water partition coefficient (Wildman–Crippen LogP) is -1.04. The van der Waals surface area contributed by atoms with E-state index < -0.39 is 18.4 Å². The number of hydrogen-bond donors (Lipinski definition) is 3. The smallest absolute Gasteiger partial charge is 0.322 e. The van der Waals surface area contributed by atoms with Crippen LogP contribution < -0.4 is 10.6 Å². The summed E-state index contributed by atoms with van der Waals surface area (Å²) in [6, 6.07) is 1.81. The highest BCUT2D eigenvalue weighted by Gasteiger charge is 2.04. The number of carbonyl (C=O) groups is 2. The van der Waals surface area contributed by atoms with Gasteiger partial charge in [0, 0.05) is 0 Å². The predicted molar refractivity (Wildman–Crippen MR) is 55.9 cm³/mol. The van der Waals surface area contributed by atoms with Crippen molar-refractivity contribution < 1.29 is 14.7 Å². The van der Waals surface area contributed by atoms with Gasteiger partial charge in [-0.15, -0.1) is 0 Å². The van der Waals surface area contributed by atoms with Gasteiger partial charge in [0.15, 0.2) is 5.69 Å². The first kappa shape index (κ1) is 12.4. The van der Waals surface area contributed by atoms with Crippen LogP contribution in [0.2, 0.25) is 0 Å². The molecule has 1 aromatic rings. The summed E-state index contributed by atoms with van der Waals surface area (Å²) in [5, 5.41) is 21.6. The lowest BCUT2D eigenvalue weighted by Crippen LogP contribution is -2.33. The van der Waals surface area contributed by atoms with E-state index in [-0.39, 0.29) is 12.2 Å². The van der Waals surface area contributed by atoms with Gasteiger partial charge in [0.1, 0.15) is 18.4 Å². The van der Waals surface area contributed by atoms with Gasteiger partial charge in [0.05, 0.1) is 18.9 Å². The van der Waals surface area contributed by atoms with Gasteiger partial charge in [-0.05, 0) is 0 Å². The minimum atomic E-state index is -1.11. The third-order valence-electron chi connectivity index (χ3n) is 1.63. The molecule has 0 saturated carbocycles. The van der Waals surface area contributed by atoms with Crippen molar-refractivity contribution >= 4 is 17.7 Å². The largest absolute Gasteiger partial charge is 0.480 e. The fraction of sp³-hybridized carbons (Fsp3) is 0.222. The van der Waals surface area contributed by atoms with Crippen molar-refractivity contribution in [2.45, 2.75) is 0 Å². The molecule has 0 aliphatic rings. The molecule has 1 heterocycles. The van der Waals surface area contributed by atoms with Crippen LogP contribution in [0.25, 0.3) is 0 Å². The molecule has 0 bridgehead atoms. The van der Waals surface area contributed by atoms with E-state index in [0.717, 1.165) is 0 Å². The molecule has 0 fully saturated rings. The minimum absolute atomic E-state index is 0.117. The zero-order valence-corrected chi connectivity index (χ0v) is 8.67. The maximum absolute atomic E-state index is 11.1. The standard InChI is InChI=1S/C9H9N5O3/c10-1-6-2-12-7(3-11-6)13-4-8(15)14-5-9(16)17/h2-3H,4-5H2,(H,12,13)(H,14,15)(H,16,17). The molecule has 8 nitrogen and oxygen atoms in total. The zero-order valence-electron chi connectivity index (χ0n) is 8.67. The van der Waals surface area contributed by atoms with Crippen LogP contribution in [-0.2, 0) is 9.59 Å². The van der Waals surface area contributed by atoms with E-state index in [1.54, 1.807) is 6.07 Å². The Morgan fingerprint density at radius 1 is 1.35 bits per heavy atom. The van der Waals surface area contributed by atoms with Crippen molar-refractivity contribution in [1.29, 1.82) is 5.26 Å². The number of carboxylic acid groups (broad SMARTS) is 1. The highest BCUT2D eigenvalue weighted by molar-refractivity contribution is 5.84. The summed E-state index contributed by atoms with van der Waals surface area (Å²) in [6.45, 7) is -0.548. The summed E-state index contributed by atoms with van der Waals surface area (Å²) in [5.41, 5.74) is 0.172. The Bertz CT molecular complexity index is 451. The van der Waals surface area contributed by atoms with Crippen molar-refractivity contribution in [1.82, 2.24) is 15.3 Å². The Kier molecular flexibility index (Phi) is 4.38. The highest BCUT2D eigenvalue weighted by atomic mass is 16.4. The fourth-order valence-corrected chi connectivity index (χ4v) is 0.885. The number of hydrogen-bond acceptors (Lipinski definition) is 6. The van der Waals surface area contributed by atoms with Crippen molar-refractivity contribution in [3.63, 3.8) is 0 Å². The first-order valence-electron chi connectivity index (χ1n) is 4.56. The molecule has 1 aromatic heterocycles. The minimum Gasteiger partial charge on any atom is -0.480 e. The van der Waals surface area contributed by atoms with Gasteiger partial charge < -0.3 is 15.7 Å². The molecule has 0 unspecified atom stereocenters. The normalized spacial score (nSPS) is 9.12. The van der Waals surface area contributed by atoms with E-state index in [9.17, 15) is 9.59 Å². The lowest BCUT2D eigenvalue weighted by Gasteiger charge is -2.04. The van der Waals surface area contributed by atoms with Crippen LogP contribution in [0.15, 0.2) is 12.4 Å². The maximum Gasteiger partial charge on any atom is 0.322 e. The van der Waals surface area contributed by atoms with Crippen LogP contribution in [0, 0.1) is 11.3 Å². The molecule has 8 heteroatoms. The number of rotatable bonds is 5. The number of carboxylic acids is 1. The van der Waals surface area contributed by atoms with Gasteiger partial charge >= 0.3 is 5.97 Å². The summed E-state index contributed by atoms with van der Waals surface area (Å²) in [5.74, 6) is -1.26. The van der Waals surface area contributed by atoms with E-state index in [4.69, 9.17) is 10.4 Å². The quantitative estimate of drug-likeness (QED) is 0.594. The van der Waals surface area contributed by atoms with E-state index in [2.05, 4.69) is 20.6 Å². The number of aromatic nitrogens is 2. The Hall–Kier alpha value is -2.69. The Morgan fingerprint density at radius 3 is 2.65 bits per heavy atom. The van der Waals surface area contributed by atoms with Crippen LogP contribution in [0.4, 0.5) is 5.82 Å². The number of nitrogens with one attached hydrogen (secondary N) is 2. The first-order chi connectivity index (χ1) is 8.11. The molecule has 0 saturated heterocycles. The molecular weight excluding hydrogens is 226 g/mol. The second-order valence-corrected chi connectivity index (χ2v) is 2.92. The van der Waals surface area contributed by atoms with Gasteiger partial charge in [-0.1, -0.05) is 0 Å². The average molecular weight is 235 g/mol. The molecule has 3 N–H and O–H groups in total. The molecule has 1 amide bonds. The van der Waals surface area contributed by atoms with Gasteiger partial charge in [-0.25, -0.2) is 9.97 Å². The molecule has 0 spiro atoms.